The van der Waals surface area contributed by atoms with E-state index in [-0.39, 0.29) is 41.0 Å². The molecule has 4 aromatic carbocycles. The monoisotopic (exact) mass is 1030 g/mol. The van der Waals surface area contributed by atoms with Gasteiger partial charge in [0.1, 0.15) is 9.79 Å². The first-order valence-corrected chi connectivity index (χ1v) is 25.6. The van der Waals surface area contributed by atoms with Gasteiger partial charge in [-0.2, -0.15) is 55.2 Å². The van der Waals surface area contributed by atoms with Crippen LogP contribution in [0.2, 0.25) is 0 Å². The van der Waals surface area contributed by atoms with Crippen molar-refractivity contribution < 1.29 is 53.5 Å². The van der Waals surface area contributed by atoms with Gasteiger partial charge in [0, 0.05) is 37.6 Å². The molecule has 0 amide bonds. The Morgan fingerprint density at radius 2 is 1.09 bits per heavy atom. The van der Waals surface area contributed by atoms with Gasteiger partial charge in [-0.1, -0.05) is 41.5 Å². The highest BCUT2D eigenvalue weighted by Crippen LogP contribution is 2.33. The predicted molar refractivity (Wildman–Crippen MR) is 259 cm³/mol. The van der Waals surface area contributed by atoms with Crippen LogP contribution < -0.4 is 31.1 Å². The van der Waals surface area contributed by atoms with Gasteiger partial charge in [0.25, 0.3) is 30.4 Å². The molecule has 366 valence electrons. The molecule has 0 saturated carbocycles. The Morgan fingerprint density at radius 1 is 0.565 bits per heavy atom. The van der Waals surface area contributed by atoms with Crippen molar-refractivity contribution in [3.63, 3.8) is 0 Å². The van der Waals surface area contributed by atoms with Gasteiger partial charge < -0.3 is 31.1 Å². The van der Waals surface area contributed by atoms with Gasteiger partial charge in [0.2, 0.25) is 35.7 Å². The molecule has 0 aliphatic rings. The summed E-state index contributed by atoms with van der Waals surface area (Å²) in [4.78, 5) is 29.2. The number of nitrogens with zero attached hydrogens (tertiary/aromatic N) is 8. The second-order valence-corrected chi connectivity index (χ2v) is 19.4. The van der Waals surface area contributed by atoms with E-state index in [9.17, 15) is 38.9 Å². The average Bonchev–Trinajstić information content (AvgIpc) is 3.28. The van der Waals surface area contributed by atoms with Crippen LogP contribution in [-0.4, -0.2) is 100 Å². The van der Waals surface area contributed by atoms with Crippen LogP contribution in [0.4, 0.5) is 58.4 Å². The maximum absolute atomic E-state index is 12.7. The molecule has 0 atom stereocenters. The SMILES string of the molecule is CCN(CC)c1nc(Nc2ccc(/C=C/c3ccc(Nc4nc(Nc5cc(S(=O)(=O)O)ccc5S(=O)(=O)O)nc(N(CC)CC)n4)cc3)c(S(=O)(=O)O)c2)nc(Nc2cc(C)ccc2SOOO)n1. The van der Waals surface area contributed by atoms with E-state index in [1.54, 1.807) is 53.4 Å². The van der Waals surface area contributed by atoms with Crippen LogP contribution in [0.3, 0.4) is 0 Å². The zero-order valence-electron chi connectivity index (χ0n) is 37.3. The highest BCUT2D eigenvalue weighted by molar-refractivity contribution is 7.94. The molecule has 6 rings (SSSR count). The lowest BCUT2D eigenvalue weighted by atomic mass is 10.1. The molecular formula is C41H46N12O12S4. The van der Waals surface area contributed by atoms with E-state index in [4.69, 9.17) is 5.26 Å². The molecule has 0 fully saturated rings. The standard InChI is InChI=1S/C41H46N12O12S4/c1-6-52(7-2)40-48-36(46-39(51-40)45-32-24-30(67(55,56)57)19-21-34(32)68(58,59)60)42-28-16-12-26(13-17-28)11-14-27-15-18-29(23-35(27)69(61,62)63)43-37-47-38(50-41(49-37)53(8-3)9-4)44-31-22-25(5)10-20-33(31)66-65-64-54/h10-24,54H,6-9H2,1-5H3,(H,55,56,57)(H,58,59,60)(H,61,62,63)(H2,42,45,46,48,51)(H2,43,44,47,49,50)/b14-11+. The summed E-state index contributed by atoms with van der Waals surface area (Å²) < 4.78 is 108. The van der Waals surface area contributed by atoms with Crippen LogP contribution in [0.15, 0.2) is 98.4 Å². The summed E-state index contributed by atoms with van der Waals surface area (Å²) in [6, 6.07) is 18.8. The molecule has 0 bridgehead atoms. The lowest BCUT2D eigenvalue weighted by Crippen LogP contribution is -2.25. The maximum atomic E-state index is 12.7. The van der Waals surface area contributed by atoms with E-state index in [1.807, 2.05) is 45.6 Å². The van der Waals surface area contributed by atoms with Crippen molar-refractivity contribution in [2.45, 2.75) is 54.2 Å². The quantitative estimate of drug-likeness (QED) is 0.0108. The number of nitrogens with one attached hydrogen (secondary N) is 4. The first kappa shape index (κ1) is 51.8. The largest absolute Gasteiger partial charge is 0.341 e. The second-order valence-electron chi connectivity index (χ2n) is 14.4. The van der Waals surface area contributed by atoms with Crippen LogP contribution in [0, 0.1) is 6.92 Å². The summed E-state index contributed by atoms with van der Waals surface area (Å²) in [6.45, 7) is 11.5. The summed E-state index contributed by atoms with van der Waals surface area (Å²) in [7, 11) is -14.4. The fourth-order valence-electron chi connectivity index (χ4n) is 6.44. The minimum atomic E-state index is -4.89. The molecule has 6 aromatic rings. The van der Waals surface area contributed by atoms with E-state index in [0.717, 1.165) is 35.8 Å². The second kappa shape index (κ2) is 22.2. The first-order valence-electron chi connectivity index (χ1n) is 20.6. The lowest BCUT2D eigenvalue weighted by molar-refractivity contribution is -0.432. The highest BCUT2D eigenvalue weighted by Gasteiger charge is 2.23. The average molecular weight is 1030 g/mol. The normalized spacial score (nSPS) is 12.0. The summed E-state index contributed by atoms with van der Waals surface area (Å²) in [5.41, 5.74) is 2.44. The minimum absolute atomic E-state index is 0.0168. The van der Waals surface area contributed by atoms with Gasteiger partial charge in [0.15, 0.2) is 0 Å². The van der Waals surface area contributed by atoms with Crippen molar-refractivity contribution in [1.82, 2.24) is 29.9 Å². The zero-order valence-corrected chi connectivity index (χ0v) is 40.5. The summed E-state index contributed by atoms with van der Waals surface area (Å²) in [5.74, 6) is 0.387. The van der Waals surface area contributed by atoms with E-state index >= 15 is 0 Å². The smallest absolute Gasteiger partial charge is 0.296 e. The number of hydrogen-bond donors (Lipinski definition) is 8. The Morgan fingerprint density at radius 3 is 1.61 bits per heavy atom. The van der Waals surface area contributed by atoms with Crippen molar-refractivity contribution in [3.05, 3.63) is 95.6 Å². The van der Waals surface area contributed by atoms with Gasteiger partial charge >= 0.3 is 0 Å². The molecule has 28 heteroatoms. The van der Waals surface area contributed by atoms with E-state index in [1.165, 1.54) is 18.2 Å². The summed E-state index contributed by atoms with van der Waals surface area (Å²) in [6.07, 6.45) is 3.12. The Kier molecular flexibility index (Phi) is 16.7. The predicted octanol–water partition coefficient (Wildman–Crippen LogP) is 7.37. The number of anilines is 10. The van der Waals surface area contributed by atoms with Crippen LogP contribution in [0.1, 0.15) is 44.4 Å². The molecular weight excluding hydrogens is 981 g/mol. The van der Waals surface area contributed by atoms with Crippen molar-refractivity contribution in [2.24, 2.45) is 0 Å². The lowest BCUT2D eigenvalue weighted by Gasteiger charge is -2.20. The van der Waals surface area contributed by atoms with Crippen LogP contribution in [0.5, 0.6) is 0 Å². The van der Waals surface area contributed by atoms with Gasteiger partial charge in [-0.15, -0.1) is 4.33 Å². The topological polar surface area (TPSA) is 334 Å². The van der Waals surface area contributed by atoms with E-state index in [2.05, 4.69) is 60.5 Å². The Hall–Kier alpha value is -6.60. The minimum Gasteiger partial charge on any atom is -0.341 e. The van der Waals surface area contributed by atoms with E-state index < -0.39 is 50.7 Å². The molecule has 2 aromatic heterocycles. The van der Waals surface area contributed by atoms with Gasteiger partial charge in [-0.3, -0.25) is 13.7 Å². The third-order valence-electron chi connectivity index (χ3n) is 9.82. The molecule has 0 spiro atoms. The number of hydrogen-bond acceptors (Lipinski definition) is 22. The summed E-state index contributed by atoms with van der Waals surface area (Å²) in [5, 5.41) is 24.3. The van der Waals surface area contributed by atoms with Crippen molar-refractivity contribution in [3.8, 4) is 0 Å². The van der Waals surface area contributed by atoms with Crippen molar-refractivity contribution >= 4 is 113 Å². The van der Waals surface area contributed by atoms with Gasteiger partial charge in [-0.05, 0) is 106 Å². The Bertz CT molecular complexity index is 3180. The molecule has 24 nitrogen and oxygen atoms in total. The third kappa shape index (κ3) is 13.8. The third-order valence-corrected chi connectivity index (χ3v) is 13.2. The van der Waals surface area contributed by atoms with Crippen LogP contribution in [0.25, 0.3) is 12.2 Å². The van der Waals surface area contributed by atoms with Crippen LogP contribution >= 0.6 is 12.0 Å². The molecule has 2 heterocycles. The van der Waals surface area contributed by atoms with Crippen LogP contribution in [-0.2, 0) is 39.7 Å². The number of benzene rings is 4. The molecule has 0 aliphatic heterocycles. The highest BCUT2D eigenvalue weighted by atomic mass is 32.2. The number of rotatable bonds is 22. The molecule has 0 radical (unpaired) electrons. The van der Waals surface area contributed by atoms with Crippen molar-refractivity contribution in [2.75, 3.05) is 57.2 Å². The van der Waals surface area contributed by atoms with Crippen molar-refractivity contribution in [1.29, 1.82) is 0 Å². The van der Waals surface area contributed by atoms with Gasteiger partial charge in [-0.25, -0.2) is 5.26 Å². The number of aryl methyl sites for hydroxylation is 1. The number of aromatic nitrogens is 6. The molecule has 8 N–H and O–H groups in total. The van der Waals surface area contributed by atoms with Gasteiger partial charge in [0.05, 0.1) is 33.2 Å². The maximum Gasteiger partial charge on any atom is 0.296 e. The molecule has 0 aliphatic carbocycles. The fourth-order valence-corrected chi connectivity index (χ4v) is 8.71. The Labute approximate surface area is 401 Å². The summed E-state index contributed by atoms with van der Waals surface area (Å²) >= 11 is 0.747. The molecule has 69 heavy (non-hydrogen) atoms. The Balaban J connectivity index is 1.25. The molecule has 0 saturated heterocycles. The van der Waals surface area contributed by atoms with E-state index in [0.29, 0.717) is 54.0 Å². The molecule has 0 unspecified atom stereocenters. The fraction of sp³-hybridized carbons (Fsp3) is 0.220. The zero-order chi connectivity index (χ0) is 50.1. The first-order chi connectivity index (χ1) is 32.7.